The van der Waals surface area contributed by atoms with Crippen molar-refractivity contribution in [3.8, 4) is 0 Å². The fourth-order valence-corrected chi connectivity index (χ4v) is 2.11. The lowest BCUT2D eigenvalue weighted by Gasteiger charge is -2.12. The minimum absolute atomic E-state index is 0.367. The number of benzene rings is 2. The number of nitrogens with two attached hydrogens (primary N) is 1. The van der Waals surface area contributed by atoms with Crippen molar-refractivity contribution >= 4 is 50.6 Å². The van der Waals surface area contributed by atoms with Gasteiger partial charge in [0.05, 0.1) is 23.4 Å². The van der Waals surface area contributed by atoms with Crippen molar-refractivity contribution in [2.75, 3.05) is 18.2 Å². The zero-order valence-corrected chi connectivity index (χ0v) is 13.0. The second-order valence-electron chi connectivity index (χ2n) is 4.05. The summed E-state index contributed by atoms with van der Waals surface area (Å²) in [5, 5.41) is 3.70. The Balaban J connectivity index is 2.37. The monoisotopic (exact) mass is 354 g/mol. The third-order valence-corrected chi connectivity index (χ3v) is 3.88. The average Bonchev–Trinajstić information content (AvgIpc) is 2.44. The number of anilines is 3. The number of nitrogens with one attached hydrogen (secondary N) is 1. The van der Waals surface area contributed by atoms with Crippen molar-refractivity contribution in [3.05, 3.63) is 51.5 Å². The number of ether oxygens (including phenoxy) is 1. The molecule has 0 radical (unpaired) electrons. The average molecular weight is 356 g/mol. The predicted octanol–water partition coefficient (Wildman–Crippen LogP) is 4.21. The van der Waals surface area contributed by atoms with Gasteiger partial charge >= 0.3 is 5.97 Å². The number of rotatable bonds is 3. The smallest absolute Gasteiger partial charge is 0.340 e. The highest BCUT2D eigenvalue weighted by atomic mass is 79.9. The molecule has 0 unspecified atom stereocenters. The number of carbonyl (C=O) groups is 1. The number of hydrogen-bond donors (Lipinski definition) is 2. The molecule has 0 fully saturated rings. The molecule has 4 nitrogen and oxygen atoms in total. The lowest BCUT2D eigenvalue weighted by molar-refractivity contribution is 0.0602. The number of nitrogen functional groups attached to an aromatic ring is 1. The van der Waals surface area contributed by atoms with Gasteiger partial charge in [-0.3, -0.25) is 0 Å². The van der Waals surface area contributed by atoms with E-state index in [0.717, 1.165) is 10.2 Å². The summed E-state index contributed by atoms with van der Waals surface area (Å²) in [6.45, 7) is 0. The van der Waals surface area contributed by atoms with Crippen LogP contribution in [0.4, 0.5) is 17.1 Å². The molecule has 2 rings (SSSR count). The van der Waals surface area contributed by atoms with Gasteiger partial charge in [-0.1, -0.05) is 11.6 Å². The Bertz CT molecular complexity index is 662. The van der Waals surface area contributed by atoms with Crippen molar-refractivity contribution in [2.45, 2.75) is 0 Å². The number of esters is 1. The second-order valence-corrected chi connectivity index (χ2v) is 5.31. The first-order valence-corrected chi connectivity index (χ1v) is 6.88. The van der Waals surface area contributed by atoms with E-state index >= 15 is 0 Å². The molecule has 0 saturated carbocycles. The van der Waals surface area contributed by atoms with E-state index in [1.165, 1.54) is 7.11 Å². The minimum atomic E-state index is -0.456. The van der Waals surface area contributed by atoms with Crippen LogP contribution in [-0.2, 0) is 4.74 Å². The number of carbonyl (C=O) groups excluding carboxylic acids is 1. The van der Waals surface area contributed by atoms with E-state index in [9.17, 15) is 4.79 Å². The quantitative estimate of drug-likeness (QED) is 0.639. The molecular formula is C14H12BrClN2O2. The Kier molecular flexibility index (Phi) is 4.52. The first kappa shape index (κ1) is 14.7. The lowest BCUT2D eigenvalue weighted by Crippen LogP contribution is -2.06. The van der Waals surface area contributed by atoms with Crippen LogP contribution >= 0.6 is 27.5 Å². The van der Waals surface area contributed by atoms with Gasteiger partial charge in [0.1, 0.15) is 0 Å². The molecule has 0 heterocycles. The summed E-state index contributed by atoms with van der Waals surface area (Å²) in [5.74, 6) is -0.456. The number of hydrogen-bond acceptors (Lipinski definition) is 4. The molecule has 104 valence electrons. The van der Waals surface area contributed by atoms with Gasteiger partial charge in [-0.05, 0) is 52.3 Å². The zero-order chi connectivity index (χ0) is 14.7. The van der Waals surface area contributed by atoms with E-state index in [0.29, 0.717) is 22.0 Å². The van der Waals surface area contributed by atoms with Crippen LogP contribution in [0, 0.1) is 0 Å². The SMILES string of the molecule is COC(=O)c1cc(N)ccc1Nc1ccc(Br)c(Cl)c1. The van der Waals surface area contributed by atoms with E-state index in [4.69, 9.17) is 22.1 Å². The van der Waals surface area contributed by atoms with Crippen molar-refractivity contribution in [1.82, 2.24) is 0 Å². The van der Waals surface area contributed by atoms with Gasteiger partial charge in [-0.2, -0.15) is 0 Å². The fraction of sp³-hybridized carbons (Fsp3) is 0.0714. The second kappa shape index (κ2) is 6.15. The van der Waals surface area contributed by atoms with E-state index in [2.05, 4.69) is 21.2 Å². The Morgan fingerprint density at radius 2 is 2.05 bits per heavy atom. The first-order valence-electron chi connectivity index (χ1n) is 5.71. The Hall–Kier alpha value is -1.72. The molecule has 0 amide bonds. The van der Waals surface area contributed by atoms with Gasteiger partial charge in [0.25, 0.3) is 0 Å². The van der Waals surface area contributed by atoms with E-state index in [-0.39, 0.29) is 0 Å². The molecule has 0 atom stereocenters. The molecule has 6 heteroatoms. The minimum Gasteiger partial charge on any atom is -0.465 e. The summed E-state index contributed by atoms with van der Waals surface area (Å²) in [7, 11) is 1.33. The summed E-state index contributed by atoms with van der Waals surface area (Å²) >= 11 is 9.36. The molecule has 0 aromatic heterocycles. The summed E-state index contributed by atoms with van der Waals surface area (Å²) in [5.41, 5.74) is 7.91. The van der Waals surface area contributed by atoms with Crippen molar-refractivity contribution in [1.29, 1.82) is 0 Å². The van der Waals surface area contributed by atoms with Gasteiger partial charge in [-0.15, -0.1) is 0 Å². The highest BCUT2D eigenvalue weighted by molar-refractivity contribution is 9.10. The third-order valence-electron chi connectivity index (χ3n) is 2.65. The maximum absolute atomic E-state index is 11.7. The molecular weight excluding hydrogens is 344 g/mol. The summed E-state index contributed by atoms with van der Waals surface area (Å²) in [6.07, 6.45) is 0. The van der Waals surface area contributed by atoms with Gasteiger partial charge in [0, 0.05) is 15.8 Å². The van der Waals surface area contributed by atoms with Crippen LogP contribution in [0.25, 0.3) is 0 Å². The largest absolute Gasteiger partial charge is 0.465 e. The van der Waals surface area contributed by atoms with Gasteiger partial charge in [-0.25, -0.2) is 4.79 Å². The number of methoxy groups -OCH3 is 1. The molecule has 0 aliphatic heterocycles. The van der Waals surface area contributed by atoms with E-state index < -0.39 is 5.97 Å². The van der Waals surface area contributed by atoms with Crippen molar-refractivity contribution < 1.29 is 9.53 Å². The van der Waals surface area contributed by atoms with E-state index in [1.807, 2.05) is 12.1 Å². The molecule has 0 spiro atoms. The van der Waals surface area contributed by atoms with Crippen LogP contribution < -0.4 is 11.1 Å². The molecule has 20 heavy (non-hydrogen) atoms. The molecule has 0 bridgehead atoms. The molecule has 3 N–H and O–H groups in total. The highest BCUT2D eigenvalue weighted by Crippen LogP contribution is 2.29. The number of halogens is 2. The highest BCUT2D eigenvalue weighted by Gasteiger charge is 2.12. The van der Waals surface area contributed by atoms with Crippen LogP contribution in [0.3, 0.4) is 0 Å². The normalized spacial score (nSPS) is 10.2. The Morgan fingerprint density at radius 3 is 2.70 bits per heavy atom. The van der Waals surface area contributed by atoms with Crippen molar-refractivity contribution in [2.24, 2.45) is 0 Å². The Morgan fingerprint density at radius 1 is 1.30 bits per heavy atom. The van der Waals surface area contributed by atoms with Crippen LogP contribution in [0.5, 0.6) is 0 Å². The van der Waals surface area contributed by atoms with Crippen LogP contribution in [0.2, 0.25) is 5.02 Å². The van der Waals surface area contributed by atoms with Gasteiger partial charge in [0.2, 0.25) is 0 Å². The molecule has 0 saturated heterocycles. The third kappa shape index (κ3) is 3.23. The maximum Gasteiger partial charge on any atom is 0.340 e. The fourth-order valence-electron chi connectivity index (χ4n) is 1.68. The lowest BCUT2D eigenvalue weighted by atomic mass is 10.1. The van der Waals surface area contributed by atoms with Crippen LogP contribution in [0.15, 0.2) is 40.9 Å². The van der Waals surface area contributed by atoms with Crippen LogP contribution in [0.1, 0.15) is 10.4 Å². The van der Waals surface area contributed by atoms with Gasteiger partial charge in [0.15, 0.2) is 0 Å². The van der Waals surface area contributed by atoms with Gasteiger partial charge < -0.3 is 15.8 Å². The summed E-state index contributed by atoms with van der Waals surface area (Å²) in [4.78, 5) is 11.7. The Labute approximate surface area is 130 Å². The molecule has 2 aromatic carbocycles. The molecule has 0 aliphatic carbocycles. The van der Waals surface area contributed by atoms with Crippen molar-refractivity contribution in [3.63, 3.8) is 0 Å². The molecule has 2 aromatic rings. The molecule has 0 aliphatic rings. The zero-order valence-electron chi connectivity index (χ0n) is 10.6. The predicted molar refractivity (Wildman–Crippen MR) is 84.6 cm³/mol. The van der Waals surface area contributed by atoms with Crippen LogP contribution in [-0.4, -0.2) is 13.1 Å². The van der Waals surface area contributed by atoms with E-state index in [1.54, 1.807) is 24.3 Å². The topological polar surface area (TPSA) is 64.3 Å². The summed E-state index contributed by atoms with van der Waals surface area (Å²) < 4.78 is 5.55. The summed E-state index contributed by atoms with van der Waals surface area (Å²) in [6, 6.07) is 10.4. The standard InChI is InChI=1S/C14H12BrClN2O2/c1-20-14(19)10-6-8(17)2-5-13(10)18-9-3-4-11(15)12(16)7-9/h2-7,18H,17H2,1H3. The maximum atomic E-state index is 11.7. The first-order chi connectivity index (χ1) is 9.51.